The third-order valence-electron chi connectivity index (χ3n) is 5.88. The fourth-order valence-electron chi connectivity index (χ4n) is 4.15. The Morgan fingerprint density at radius 2 is 2.07 bits per heavy atom. The Hall–Kier alpha value is -2.77. The van der Waals surface area contributed by atoms with Crippen LogP contribution in [0.4, 0.5) is 0 Å². The van der Waals surface area contributed by atoms with Crippen LogP contribution in [0.2, 0.25) is 0 Å². The van der Waals surface area contributed by atoms with Crippen LogP contribution in [0.5, 0.6) is 0 Å². The number of likely N-dealkylation sites (tertiary alicyclic amines) is 1. The van der Waals surface area contributed by atoms with Crippen molar-refractivity contribution in [1.29, 1.82) is 0 Å². The van der Waals surface area contributed by atoms with E-state index in [0.717, 1.165) is 48.6 Å². The smallest absolute Gasteiger partial charge is 0.274 e. The van der Waals surface area contributed by atoms with E-state index in [0.29, 0.717) is 31.1 Å². The summed E-state index contributed by atoms with van der Waals surface area (Å²) < 4.78 is 0. The minimum absolute atomic E-state index is 0.0373. The summed E-state index contributed by atoms with van der Waals surface area (Å²) in [5.74, 6) is 1.03. The maximum Gasteiger partial charge on any atom is 0.274 e. The van der Waals surface area contributed by atoms with E-state index in [9.17, 15) is 9.59 Å². The molecule has 1 unspecified atom stereocenters. The number of amides is 2. The molecule has 154 valence electrons. The van der Waals surface area contributed by atoms with Gasteiger partial charge >= 0.3 is 0 Å². The molecule has 0 aliphatic carbocycles. The van der Waals surface area contributed by atoms with Crippen molar-refractivity contribution in [2.24, 2.45) is 0 Å². The molecule has 0 saturated carbocycles. The predicted molar refractivity (Wildman–Crippen MR) is 107 cm³/mol. The van der Waals surface area contributed by atoms with Crippen molar-refractivity contribution in [3.8, 4) is 0 Å². The first-order chi connectivity index (χ1) is 13.9. The third kappa shape index (κ3) is 3.88. The first-order valence-electron chi connectivity index (χ1n) is 10.4. The fourth-order valence-corrected chi connectivity index (χ4v) is 4.15. The third-order valence-corrected chi connectivity index (χ3v) is 5.88. The second-order valence-electron chi connectivity index (χ2n) is 8.26. The van der Waals surface area contributed by atoms with Crippen molar-refractivity contribution < 1.29 is 9.59 Å². The molecule has 4 heterocycles. The number of rotatable bonds is 3. The average Bonchev–Trinajstić information content (AvgIpc) is 3.23. The van der Waals surface area contributed by atoms with Crippen molar-refractivity contribution in [3.05, 3.63) is 40.7 Å². The molecular formula is C21H28N6O2. The highest BCUT2D eigenvalue weighted by molar-refractivity contribution is 5.92. The van der Waals surface area contributed by atoms with Gasteiger partial charge in [0.25, 0.3) is 5.91 Å². The van der Waals surface area contributed by atoms with Crippen LogP contribution in [0.3, 0.4) is 0 Å². The molecule has 1 atom stereocenters. The Bertz CT molecular complexity index is 922. The lowest BCUT2D eigenvalue weighted by atomic mass is 10.0. The average molecular weight is 396 g/mol. The first kappa shape index (κ1) is 19.5. The monoisotopic (exact) mass is 396 g/mol. The molecule has 0 aromatic carbocycles. The van der Waals surface area contributed by atoms with Crippen molar-refractivity contribution >= 4 is 11.8 Å². The van der Waals surface area contributed by atoms with E-state index < -0.39 is 0 Å². The van der Waals surface area contributed by atoms with Gasteiger partial charge in [0, 0.05) is 50.4 Å². The zero-order valence-electron chi connectivity index (χ0n) is 17.3. The zero-order valence-corrected chi connectivity index (χ0v) is 17.3. The SMILES string of the molecule is CC(=O)N1CCCCC1c1ncc2c(n1)CCN(C(=O)c1cc(C(C)C)[nH]n1)C2. The number of fused-ring (bicyclic) bond motifs is 1. The molecule has 8 nitrogen and oxygen atoms in total. The van der Waals surface area contributed by atoms with E-state index in [1.54, 1.807) is 11.8 Å². The number of aromatic amines is 1. The van der Waals surface area contributed by atoms with Crippen molar-refractivity contribution in [2.75, 3.05) is 13.1 Å². The van der Waals surface area contributed by atoms with E-state index in [4.69, 9.17) is 4.98 Å². The van der Waals surface area contributed by atoms with E-state index in [1.807, 2.05) is 17.2 Å². The number of piperidine rings is 1. The summed E-state index contributed by atoms with van der Waals surface area (Å²) in [6, 6.07) is 1.80. The predicted octanol–water partition coefficient (Wildman–Crippen LogP) is 2.60. The number of carbonyl (C=O) groups excluding carboxylic acids is 2. The second-order valence-corrected chi connectivity index (χ2v) is 8.26. The summed E-state index contributed by atoms with van der Waals surface area (Å²) >= 11 is 0. The molecule has 4 rings (SSSR count). The van der Waals surface area contributed by atoms with Crippen LogP contribution in [0, 0.1) is 0 Å². The van der Waals surface area contributed by atoms with E-state index in [2.05, 4.69) is 29.0 Å². The van der Waals surface area contributed by atoms with Crippen LogP contribution in [-0.4, -0.2) is 54.9 Å². The largest absolute Gasteiger partial charge is 0.333 e. The molecule has 1 fully saturated rings. The van der Waals surface area contributed by atoms with Crippen LogP contribution in [0.25, 0.3) is 0 Å². The summed E-state index contributed by atoms with van der Waals surface area (Å²) in [6.07, 6.45) is 5.53. The molecule has 29 heavy (non-hydrogen) atoms. The van der Waals surface area contributed by atoms with Gasteiger partial charge in [-0.1, -0.05) is 13.8 Å². The van der Waals surface area contributed by atoms with E-state index in [1.165, 1.54) is 0 Å². The molecule has 2 aromatic rings. The highest BCUT2D eigenvalue weighted by Crippen LogP contribution is 2.30. The summed E-state index contributed by atoms with van der Waals surface area (Å²) in [6.45, 7) is 7.60. The molecular weight excluding hydrogens is 368 g/mol. The van der Waals surface area contributed by atoms with Gasteiger partial charge in [0.2, 0.25) is 5.91 Å². The minimum atomic E-state index is -0.0714. The fraction of sp³-hybridized carbons (Fsp3) is 0.571. The first-order valence-corrected chi connectivity index (χ1v) is 10.4. The van der Waals surface area contributed by atoms with Gasteiger partial charge in [0.1, 0.15) is 5.69 Å². The number of carbonyl (C=O) groups is 2. The zero-order chi connectivity index (χ0) is 20.5. The lowest BCUT2D eigenvalue weighted by molar-refractivity contribution is -0.132. The van der Waals surface area contributed by atoms with Crippen LogP contribution >= 0.6 is 0 Å². The van der Waals surface area contributed by atoms with Crippen LogP contribution < -0.4 is 0 Å². The lowest BCUT2D eigenvalue weighted by Crippen LogP contribution is -2.39. The van der Waals surface area contributed by atoms with Gasteiger partial charge in [-0.2, -0.15) is 5.10 Å². The number of nitrogens with zero attached hydrogens (tertiary/aromatic N) is 5. The number of hydrogen-bond acceptors (Lipinski definition) is 5. The van der Waals surface area contributed by atoms with Crippen LogP contribution in [0.1, 0.15) is 85.3 Å². The summed E-state index contributed by atoms with van der Waals surface area (Å²) in [5.41, 5.74) is 3.37. The Labute approximate surface area is 170 Å². The van der Waals surface area contributed by atoms with E-state index in [-0.39, 0.29) is 17.9 Å². The summed E-state index contributed by atoms with van der Waals surface area (Å²) in [5, 5.41) is 7.13. The Balaban J connectivity index is 1.50. The molecule has 0 radical (unpaired) electrons. The summed E-state index contributed by atoms with van der Waals surface area (Å²) in [4.78, 5) is 37.9. The van der Waals surface area contributed by atoms with Gasteiger partial charge in [-0.05, 0) is 31.2 Å². The van der Waals surface area contributed by atoms with Gasteiger partial charge in [-0.25, -0.2) is 9.97 Å². The number of H-pyrrole nitrogens is 1. The molecule has 1 N–H and O–H groups in total. The Morgan fingerprint density at radius 3 is 2.79 bits per heavy atom. The molecule has 2 aliphatic rings. The van der Waals surface area contributed by atoms with Gasteiger partial charge < -0.3 is 9.80 Å². The molecule has 0 bridgehead atoms. The maximum atomic E-state index is 12.8. The minimum Gasteiger partial charge on any atom is -0.333 e. The molecule has 8 heteroatoms. The number of hydrogen-bond donors (Lipinski definition) is 1. The summed E-state index contributed by atoms with van der Waals surface area (Å²) in [7, 11) is 0. The van der Waals surface area contributed by atoms with Crippen LogP contribution in [-0.2, 0) is 17.8 Å². The normalized spacial score (nSPS) is 19.4. The Kier molecular flexibility index (Phi) is 5.34. The van der Waals surface area contributed by atoms with Crippen LogP contribution in [0.15, 0.2) is 12.3 Å². The standard InChI is InChI=1S/C21H28N6O2/c1-13(2)17-10-18(25-24-17)21(29)26-9-7-16-15(12-26)11-22-20(23-16)19-6-4-5-8-27(19)14(3)28/h10-11,13,19H,4-9,12H2,1-3H3,(H,24,25). The molecule has 2 aliphatic heterocycles. The highest BCUT2D eigenvalue weighted by Gasteiger charge is 2.30. The quantitative estimate of drug-likeness (QED) is 0.860. The molecule has 2 amide bonds. The van der Waals surface area contributed by atoms with Gasteiger partial charge in [0.05, 0.1) is 11.7 Å². The maximum absolute atomic E-state index is 12.8. The molecule has 2 aromatic heterocycles. The number of nitrogens with one attached hydrogen (secondary N) is 1. The Morgan fingerprint density at radius 1 is 1.24 bits per heavy atom. The second kappa shape index (κ2) is 7.93. The van der Waals surface area contributed by atoms with Crippen molar-refractivity contribution in [3.63, 3.8) is 0 Å². The lowest BCUT2D eigenvalue weighted by Gasteiger charge is -2.34. The van der Waals surface area contributed by atoms with E-state index >= 15 is 0 Å². The topological polar surface area (TPSA) is 95.1 Å². The van der Waals surface area contributed by atoms with Gasteiger partial charge in [0.15, 0.2) is 5.82 Å². The van der Waals surface area contributed by atoms with Gasteiger partial charge in [-0.15, -0.1) is 0 Å². The molecule has 0 spiro atoms. The van der Waals surface area contributed by atoms with Crippen molar-refractivity contribution in [2.45, 2.75) is 65.0 Å². The highest BCUT2D eigenvalue weighted by atomic mass is 16.2. The van der Waals surface area contributed by atoms with Gasteiger partial charge in [-0.3, -0.25) is 14.7 Å². The molecule has 1 saturated heterocycles. The van der Waals surface area contributed by atoms with Crippen molar-refractivity contribution in [1.82, 2.24) is 30.0 Å². The number of aromatic nitrogens is 4.